The van der Waals surface area contributed by atoms with E-state index in [0.29, 0.717) is 12.1 Å². The minimum atomic E-state index is 0.0169. The lowest BCUT2D eigenvalue weighted by atomic mass is 10.1. The Labute approximate surface area is 183 Å². The third kappa shape index (κ3) is 6.44. The number of carbonyl (C=O) groups is 1. The summed E-state index contributed by atoms with van der Waals surface area (Å²) in [6.07, 6.45) is 4.49. The van der Waals surface area contributed by atoms with E-state index in [2.05, 4.69) is 32.9 Å². The standard InChI is InChI=1S/C24H30N6O/c1-4-25-24(26-15-13-19-7-5-8-21(17-19)23(31)29(2)3)27-18-20-9-11-22(12-10-20)30-16-6-14-28-30/h5-12,14,16-17H,4,13,15,18H2,1-3H3,(H2,25,26,27). The molecular weight excluding hydrogens is 388 g/mol. The van der Waals surface area contributed by atoms with E-state index in [1.54, 1.807) is 25.2 Å². The molecule has 1 aromatic heterocycles. The lowest BCUT2D eigenvalue weighted by molar-refractivity contribution is 0.0827. The third-order valence-corrected chi connectivity index (χ3v) is 4.76. The van der Waals surface area contributed by atoms with Crippen molar-refractivity contribution in [1.29, 1.82) is 0 Å². The summed E-state index contributed by atoms with van der Waals surface area (Å²) < 4.78 is 1.83. The molecule has 0 spiro atoms. The number of aliphatic imine (C=N–C) groups is 1. The van der Waals surface area contributed by atoms with Crippen LogP contribution in [-0.4, -0.2) is 53.7 Å². The molecule has 0 radical (unpaired) electrons. The van der Waals surface area contributed by atoms with Gasteiger partial charge in [0.25, 0.3) is 5.91 Å². The van der Waals surface area contributed by atoms with Crippen molar-refractivity contribution in [2.24, 2.45) is 4.99 Å². The van der Waals surface area contributed by atoms with E-state index in [-0.39, 0.29) is 5.91 Å². The number of amides is 1. The smallest absolute Gasteiger partial charge is 0.253 e. The Balaban J connectivity index is 1.55. The topological polar surface area (TPSA) is 74.5 Å². The lowest BCUT2D eigenvalue weighted by Crippen LogP contribution is -2.38. The van der Waals surface area contributed by atoms with Crippen molar-refractivity contribution in [1.82, 2.24) is 25.3 Å². The maximum Gasteiger partial charge on any atom is 0.253 e. The van der Waals surface area contributed by atoms with E-state index in [4.69, 9.17) is 0 Å². The van der Waals surface area contributed by atoms with E-state index in [9.17, 15) is 4.79 Å². The molecule has 0 aliphatic rings. The molecule has 3 rings (SSSR count). The van der Waals surface area contributed by atoms with Crippen molar-refractivity contribution in [3.05, 3.63) is 83.7 Å². The number of carbonyl (C=O) groups excluding carboxylic acids is 1. The molecule has 0 fully saturated rings. The van der Waals surface area contributed by atoms with E-state index in [1.807, 2.05) is 60.3 Å². The fourth-order valence-electron chi connectivity index (χ4n) is 3.13. The molecule has 0 bridgehead atoms. The number of hydrogen-bond acceptors (Lipinski definition) is 3. The number of benzene rings is 2. The Kier molecular flexibility index (Phi) is 7.81. The van der Waals surface area contributed by atoms with Crippen molar-refractivity contribution >= 4 is 11.9 Å². The number of nitrogens with one attached hydrogen (secondary N) is 2. The summed E-state index contributed by atoms with van der Waals surface area (Å²) in [6, 6.07) is 17.9. The third-order valence-electron chi connectivity index (χ3n) is 4.76. The Bertz CT molecular complexity index is 993. The van der Waals surface area contributed by atoms with Gasteiger partial charge in [0.1, 0.15) is 0 Å². The molecule has 7 nitrogen and oxygen atoms in total. The van der Waals surface area contributed by atoms with Crippen LogP contribution in [0.4, 0.5) is 0 Å². The summed E-state index contributed by atoms with van der Waals surface area (Å²) in [5, 5.41) is 10.9. The molecule has 0 aliphatic heterocycles. The van der Waals surface area contributed by atoms with Gasteiger partial charge in [0.2, 0.25) is 0 Å². The van der Waals surface area contributed by atoms with Crippen LogP contribution in [0.5, 0.6) is 0 Å². The van der Waals surface area contributed by atoms with Crippen LogP contribution in [0.15, 0.2) is 72.0 Å². The van der Waals surface area contributed by atoms with Gasteiger partial charge in [-0.3, -0.25) is 4.79 Å². The molecule has 0 saturated heterocycles. The molecule has 2 aromatic carbocycles. The van der Waals surface area contributed by atoms with Crippen LogP contribution in [0.1, 0.15) is 28.4 Å². The Hall–Kier alpha value is -3.61. The second kappa shape index (κ2) is 11.0. The van der Waals surface area contributed by atoms with Gasteiger partial charge in [-0.05, 0) is 54.8 Å². The average molecular weight is 419 g/mol. The van der Waals surface area contributed by atoms with Gasteiger partial charge >= 0.3 is 0 Å². The highest BCUT2D eigenvalue weighted by molar-refractivity contribution is 5.94. The van der Waals surface area contributed by atoms with Crippen LogP contribution in [0.2, 0.25) is 0 Å². The summed E-state index contributed by atoms with van der Waals surface area (Å²) in [5.41, 5.74) is 3.98. The normalized spacial score (nSPS) is 11.3. The van der Waals surface area contributed by atoms with Gasteiger partial charge in [-0.1, -0.05) is 24.3 Å². The van der Waals surface area contributed by atoms with Crippen molar-refractivity contribution in [3.63, 3.8) is 0 Å². The molecule has 1 amide bonds. The van der Waals surface area contributed by atoms with Crippen LogP contribution < -0.4 is 10.6 Å². The van der Waals surface area contributed by atoms with Gasteiger partial charge in [-0.15, -0.1) is 0 Å². The van der Waals surface area contributed by atoms with Gasteiger partial charge in [-0.2, -0.15) is 5.10 Å². The number of guanidine groups is 1. The molecule has 1 heterocycles. The second-order valence-electron chi connectivity index (χ2n) is 7.39. The van der Waals surface area contributed by atoms with Crippen molar-refractivity contribution in [2.45, 2.75) is 19.9 Å². The van der Waals surface area contributed by atoms with Gasteiger partial charge in [-0.25, -0.2) is 9.67 Å². The van der Waals surface area contributed by atoms with Gasteiger partial charge in [0.15, 0.2) is 5.96 Å². The van der Waals surface area contributed by atoms with Crippen LogP contribution in [0, 0.1) is 0 Å². The minimum Gasteiger partial charge on any atom is -0.357 e. The largest absolute Gasteiger partial charge is 0.357 e. The summed E-state index contributed by atoms with van der Waals surface area (Å²) in [6.45, 7) is 4.15. The van der Waals surface area contributed by atoms with Gasteiger partial charge in [0, 0.05) is 45.1 Å². The minimum absolute atomic E-state index is 0.0169. The zero-order valence-electron chi connectivity index (χ0n) is 18.4. The molecular formula is C24H30N6O. The zero-order valence-corrected chi connectivity index (χ0v) is 18.4. The lowest BCUT2D eigenvalue weighted by Gasteiger charge is -2.13. The number of rotatable bonds is 8. The molecule has 31 heavy (non-hydrogen) atoms. The first-order chi connectivity index (χ1) is 15.1. The molecule has 7 heteroatoms. The Morgan fingerprint density at radius 1 is 1.06 bits per heavy atom. The highest BCUT2D eigenvalue weighted by Crippen LogP contribution is 2.10. The van der Waals surface area contributed by atoms with E-state index < -0.39 is 0 Å². The van der Waals surface area contributed by atoms with Crippen molar-refractivity contribution in [3.8, 4) is 5.69 Å². The van der Waals surface area contributed by atoms with Crippen molar-refractivity contribution in [2.75, 3.05) is 27.2 Å². The summed E-state index contributed by atoms with van der Waals surface area (Å²) in [4.78, 5) is 18.4. The summed E-state index contributed by atoms with van der Waals surface area (Å²) in [7, 11) is 3.53. The zero-order chi connectivity index (χ0) is 22.1. The SMILES string of the molecule is CCNC(=NCc1ccc(-n2cccn2)cc1)NCCc1cccc(C(=O)N(C)C)c1. The van der Waals surface area contributed by atoms with Crippen LogP contribution >= 0.6 is 0 Å². The number of aromatic nitrogens is 2. The first-order valence-electron chi connectivity index (χ1n) is 10.5. The van der Waals surface area contributed by atoms with Crippen molar-refractivity contribution < 1.29 is 4.79 Å². The quantitative estimate of drug-likeness (QED) is 0.436. The summed E-state index contributed by atoms with van der Waals surface area (Å²) in [5.74, 6) is 0.794. The van der Waals surface area contributed by atoms with E-state index in [0.717, 1.165) is 42.3 Å². The maximum absolute atomic E-state index is 12.1. The van der Waals surface area contributed by atoms with Crippen LogP contribution in [0.3, 0.4) is 0 Å². The van der Waals surface area contributed by atoms with Crippen LogP contribution in [-0.2, 0) is 13.0 Å². The molecule has 0 aliphatic carbocycles. The Morgan fingerprint density at radius 3 is 2.55 bits per heavy atom. The number of hydrogen-bond donors (Lipinski definition) is 2. The molecule has 3 aromatic rings. The Morgan fingerprint density at radius 2 is 1.87 bits per heavy atom. The highest BCUT2D eigenvalue weighted by Gasteiger charge is 2.08. The molecule has 0 atom stereocenters. The fourth-order valence-corrected chi connectivity index (χ4v) is 3.13. The number of nitrogens with zero attached hydrogens (tertiary/aromatic N) is 4. The van der Waals surface area contributed by atoms with E-state index >= 15 is 0 Å². The van der Waals surface area contributed by atoms with Gasteiger partial charge < -0.3 is 15.5 Å². The van der Waals surface area contributed by atoms with Gasteiger partial charge in [0.05, 0.1) is 12.2 Å². The predicted molar refractivity (Wildman–Crippen MR) is 125 cm³/mol. The van der Waals surface area contributed by atoms with Crippen LogP contribution in [0.25, 0.3) is 5.69 Å². The maximum atomic E-state index is 12.1. The van der Waals surface area contributed by atoms with E-state index in [1.165, 1.54) is 0 Å². The molecule has 0 saturated carbocycles. The monoisotopic (exact) mass is 418 g/mol. The molecule has 0 unspecified atom stereocenters. The molecule has 2 N–H and O–H groups in total. The fraction of sp³-hybridized carbons (Fsp3) is 0.292. The summed E-state index contributed by atoms with van der Waals surface area (Å²) >= 11 is 0. The second-order valence-corrected chi connectivity index (χ2v) is 7.39. The first-order valence-corrected chi connectivity index (χ1v) is 10.5. The molecule has 162 valence electrons. The highest BCUT2D eigenvalue weighted by atomic mass is 16.2. The average Bonchev–Trinajstić information content (AvgIpc) is 3.32. The predicted octanol–water partition coefficient (Wildman–Crippen LogP) is 2.87. The first kappa shape index (κ1) is 22.1.